The number of aliphatic carboxylic acids is 1. The second kappa shape index (κ2) is 12.3. The topological polar surface area (TPSA) is 122 Å². The molecule has 3 aromatic carbocycles. The zero-order chi connectivity index (χ0) is 24.3. The summed E-state index contributed by atoms with van der Waals surface area (Å²) in [6, 6.07) is 24.7. The molecule has 5 N–H and O–H groups in total. The molecule has 0 aliphatic heterocycles. The number of carboxylic acids is 1. The van der Waals surface area contributed by atoms with Gasteiger partial charge in [-0.2, -0.15) is 0 Å². The van der Waals surface area contributed by atoms with Gasteiger partial charge in [0.05, 0.1) is 6.04 Å². The van der Waals surface area contributed by atoms with Crippen LogP contribution in [0.3, 0.4) is 0 Å². The average molecular weight is 460 g/mol. The van der Waals surface area contributed by atoms with Crippen molar-refractivity contribution in [3.63, 3.8) is 0 Å². The van der Waals surface area contributed by atoms with Crippen molar-refractivity contribution in [1.82, 2.24) is 10.6 Å². The van der Waals surface area contributed by atoms with Crippen molar-refractivity contribution in [3.05, 3.63) is 108 Å². The van der Waals surface area contributed by atoms with Gasteiger partial charge in [0.25, 0.3) is 0 Å². The van der Waals surface area contributed by atoms with Crippen molar-refractivity contribution in [2.24, 2.45) is 5.73 Å². The Kier molecular flexibility index (Phi) is 8.94. The number of benzene rings is 3. The molecule has 0 spiro atoms. The molecule has 176 valence electrons. The molecule has 0 saturated heterocycles. The summed E-state index contributed by atoms with van der Waals surface area (Å²) in [5.41, 5.74) is 8.62. The lowest BCUT2D eigenvalue weighted by molar-refractivity contribution is -0.142. The molecule has 3 aromatic rings. The summed E-state index contributed by atoms with van der Waals surface area (Å²) < 4.78 is 0. The SMILES string of the molecule is N[C@H](Cc1ccccc1)C(=O)N[C@H](Cc1ccccc1)C(=O)N[C@H](Cc1ccccc1)C(=O)O. The van der Waals surface area contributed by atoms with Gasteiger partial charge in [-0.3, -0.25) is 9.59 Å². The van der Waals surface area contributed by atoms with Crippen LogP contribution in [0.25, 0.3) is 0 Å². The second-order valence-corrected chi connectivity index (χ2v) is 8.14. The van der Waals surface area contributed by atoms with Crippen molar-refractivity contribution < 1.29 is 19.5 Å². The van der Waals surface area contributed by atoms with Crippen molar-refractivity contribution in [3.8, 4) is 0 Å². The summed E-state index contributed by atoms with van der Waals surface area (Å²) in [5, 5.41) is 15.0. The van der Waals surface area contributed by atoms with Crippen LogP contribution in [0.4, 0.5) is 0 Å². The average Bonchev–Trinajstić information content (AvgIpc) is 2.85. The molecule has 3 rings (SSSR count). The van der Waals surface area contributed by atoms with E-state index in [4.69, 9.17) is 5.73 Å². The largest absolute Gasteiger partial charge is 0.480 e. The highest BCUT2D eigenvalue weighted by Crippen LogP contribution is 2.08. The third kappa shape index (κ3) is 7.56. The monoisotopic (exact) mass is 459 g/mol. The van der Waals surface area contributed by atoms with Gasteiger partial charge in [-0.05, 0) is 23.1 Å². The van der Waals surface area contributed by atoms with Crippen molar-refractivity contribution in [2.75, 3.05) is 0 Å². The van der Waals surface area contributed by atoms with Crippen LogP contribution in [-0.4, -0.2) is 41.0 Å². The zero-order valence-electron chi connectivity index (χ0n) is 18.8. The molecule has 0 aliphatic rings. The number of carbonyl (C=O) groups is 3. The van der Waals surface area contributed by atoms with E-state index in [1.165, 1.54) is 0 Å². The van der Waals surface area contributed by atoms with E-state index in [9.17, 15) is 19.5 Å². The molecule has 2 amide bonds. The molecule has 3 atom stereocenters. The maximum absolute atomic E-state index is 13.1. The summed E-state index contributed by atoms with van der Waals surface area (Å²) in [6.45, 7) is 0. The Labute approximate surface area is 199 Å². The van der Waals surface area contributed by atoms with Gasteiger partial charge in [-0.1, -0.05) is 91.0 Å². The van der Waals surface area contributed by atoms with Gasteiger partial charge in [0.2, 0.25) is 11.8 Å². The third-order valence-corrected chi connectivity index (χ3v) is 5.45. The molecule has 34 heavy (non-hydrogen) atoms. The summed E-state index contributed by atoms with van der Waals surface area (Å²) in [4.78, 5) is 37.8. The van der Waals surface area contributed by atoms with Gasteiger partial charge in [0.15, 0.2) is 0 Å². The fourth-order valence-electron chi connectivity index (χ4n) is 3.62. The Hall–Kier alpha value is -3.97. The highest BCUT2D eigenvalue weighted by molar-refractivity contribution is 5.92. The Bertz CT molecular complexity index is 1070. The van der Waals surface area contributed by atoms with E-state index < -0.39 is 35.9 Å². The van der Waals surface area contributed by atoms with Crippen LogP contribution in [-0.2, 0) is 33.6 Å². The van der Waals surface area contributed by atoms with E-state index in [-0.39, 0.29) is 12.8 Å². The predicted molar refractivity (Wildman–Crippen MR) is 130 cm³/mol. The smallest absolute Gasteiger partial charge is 0.326 e. The molecule has 7 heteroatoms. The Balaban J connectivity index is 1.72. The molecule has 0 bridgehead atoms. The minimum Gasteiger partial charge on any atom is -0.480 e. The maximum atomic E-state index is 13.1. The first-order chi connectivity index (χ1) is 16.4. The number of nitrogens with one attached hydrogen (secondary N) is 2. The van der Waals surface area contributed by atoms with Crippen LogP contribution in [0, 0.1) is 0 Å². The quantitative estimate of drug-likeness (QED) is 0.350. The van der Waals surface area contributed by atoms with Gasteiger partial charge in [0.1, 0.15) is 12.1 Å². The Morgan fingerprint density at radius 3 is 1.44 bits per heavy atom. The number of nitrogens with two attached hydrogens (primary N) is 1. The van der Waals surface area contributed by atoms with E-state index in [0.29, 0.717) is 6.42 Å². The number of carbonyl (C=O) groups excluding carboxylic acids is 2. The summed E-state index contributed by atoms with van der Waals surface area (Å²) in [7, 11) is 0. The fraction of sp³-hybridized carbons (Fsp3) is 0.222. The van der Waals surface area contributed by atoms with Crippen LogP contribution in [0.5, 0.6) is 0 Å². The first-order valence-electron chi connectivity index (χ1n) is 11.1. The lowest BCUT2D eigenvalue weighted by Gasteiger charge is -2.23. The van der Waals surface area contributed by atoms with Crippen LogP contribution in [0.15, 0.2) is 91.0 Å². The first kappa shape index (κ1) is 24.7. The number of hydrogen-bond acceptors (Lipinski definition) is 4. The van der Waals surface area contributed by atoms with E-state index in [1.807, 2.05) is 78.9 Å². The van der Waals surface area contributed by atoms with E-state index in [1.54, 1.807) is 12.1 Å². The van der Waals surface area contributed by atoms with Gasteiger partial charge >= 0.3 is 5.97 Å². The third-order valence-electron chi connectivity index (χ3n) is 5.45. The molecular formula is C27H29N3O4. The van der Waals surface area contributed by atoms with Gasteiger partial charge in [0, 0.05) is 12.8 Å². The van der Waals surface area contributed by atoms with Gasteiger partial charge in [-0.15, -0.1) is 0 Å². The number of amides is 2. The molecule has 0 aliphatic carbocycles. The minimum absolute atomic E-state index is 0.126. The van der Waals surface area contributed by atoms with E-state index in [0.717, 1.165) is 16.7 Å². The highest BCUT2D eigenvalue weighted by Gasteiger charge is 2.28. The molecule has 0 radical (unpaired) electrons. The highest BCUT2D eigenvalue weighted by atomic mass is 16.4. The number of hydrogen-bond donors (Lipinski definition) is 4. The lowest BCUT2D eigenvalue weighted by atomic mass is 10.0. The number of rotatable bonds is 11. The maximum Gasteiger partial charge on any atom is 0.326 e. The standard InChI is InChI=1S/C27H29N3O4/c28-22(16-19-10-4-1-5-11-19)25(31)29-23(17-20-12-6-2-7-13-20)26(32)30-24(27(33)34)18-21-14-8-3-9-15-21/h1-15,22-24H,16-18,28H2,(H,29,31)(H,30,32)(H,33,34)/t22-,23-,24-/m1/s1. The van der Waals surface area contributed by atoms with Gasteiger partial charge < -0.3 is 21.5 Å². The molecule has 7 nitrogen and oxygen atoms in total. The van der Waals surface area contributed by atoms with Crippen LogP contribution >= 0.6 is 0 Å². The first-order valence-corrected chi connectivity index (χ1v) is 11.1. The molecule has 0 fully saturated rings. The Morgan fingerprint density at radius 2 is 1.00 bits per heavy atom. The van der Waals surface area contributed by atoms with E-state index >= 15 is 0 Å². The van der Waals surface area contributed by atoms with Crippen molar-refractivity contribution >= 4 is 17.8 Å². The lowest BCUT2D eigenvalue weighted by Crippen LogP contribution is -2.55. The molecule has 0 heterocycles. The van der Waals surface area contributed by atoms with E-state index in [2.05, 4.69) is 10.6 Å². The summed E-state index contributed by atoms with van der Waals surface area (Å²) >= 11 is 0. The minimum atomic E-state index is -1.15. The van der Waals surface area contributed by atoms with Crippen LogP contribution < -0.4 is 16.4 Å². The summed E-state index contributed by atoms with van der Waals surface area (Å²) in [5.74, 6) is -2.20. The normalized spacial score (nSPS) is 13.3. The fourth-order valence-corrected chi connectivity index (χ4v) is 3.62. The summed E-state index contributed by atoms with van der Waals surface area (Å²) in [6.07, 6.45) is 0.647. The molecule has 0 aromatic heterocycles. The van der Waals surface area contributed by atoms with Crippen molar-refractivity contribution in [1.29, 1.82) is 0 Å². The Morgan fingerprint density at radius 1 is 0.618 bits per heavy atom. The van der Waals surface area contributed by atoms with Crippen LogP contribution in [0.2, 0.25) is 0 Å². The predicted octanol–water partition coefficient (Wildman–Crippen LogP) is 2.10. The molecule has 0 unspecified atom stereocenters. The zero-order valence-corrected chi connectivity index (χ0v) is 18.8. The molecular weight excluding hydrogens is 430 g/mol. The van der Waals surface area contributed by atoms with Crippen LogP contribution in [0.1, 0.15) is 16.7 Å². The second-order valence-electron chi connectivity index (χ2n) is 8.14. The van der Waals surface area contributed by atoms with Crippen molar-refractivity contribution in [2.45, 2.75) is 37.4 Å². The molecule has 0 saturated carbocycles. The van der Waals surface area contributed by atoms with Gasteiger partial charge in [-0.25, -0.2) is 4.79 Å². The number of carboxylic acid groups (broad SMARTS) is 1.